The quantitative estimate of drug-likeness (QED) is 0.779. The molecule has 0 aliphatic carbocycles. The summed E-state index contributed by atoms with van der Waals surface area (Å²) in [5, 5.41) is 0. The Hall–Kier alpha value is -2.56. The summed E-state index contributed by atoms with van der Waals surface area (Å²) in [6.45, 7) is 1.84. The van der Waals surface area contributed by atoms with Crippen molar-refractivity contribution in [2.24, 2.45) is 0 Å². The highest BCUT2D eigenvalue weighted by molar-refractivity contribution is 5.82. The molecule has 3 aromatic rings. The molecule has 1 heterocycles. The Morgan fingerprint density at radius 2 is 2.00 bits per heavy atom. The van der Waals surface area contributed by atoms with E-state index in [9.17, 15) is 4.39 Å². The van der Waals surface area contributed by atoms with Gasteiger partial charge in [0.05, 0.1) is 23.8 Å². The van der Waals surface area contributed by atoms with Gasteiger partial charge in [-0.15, -0.1) is 0 Å². The van der Waals surface area contributed by atoms with Crippen LogP contribution >= 0.6 is 0 Å². The van der Waals surface area contributed by atoms with Gasteiger partial charge in [0, 0.05) is 6.07 Å². The van der Waals surface area contributed by atoms with Crippen LogP contribution in [0.2, 0.25) is 0 Å². The van der Waals surface area contributed by atoms with E-state index < -0.39 is 0 Å². The summed E-state index contributed by atoms with van der Waals surface area (Å²) in [7, 11) is 1.60. The molecule has 2 N–H and O–H groups in total. The lowest BCUT2D eigenvalue weighted by Gasteiger charge is -2.10. The molecule has 0 spiro atoms. The lowest BCUT2D eigenvalue weighted by Crippen LogP contribution is -2.02. The number of rotatable bonds is 2. The number of nitrogens with two attached hydrogens (primary N) is 1. The third-order valence-corrected chi connectivity index (χ3v) is 3.29. The maximum atomic E-state index is 13.2. The first-order chi connectivity index (χ1) is 9.60. The topological polar surface area (TPSA) is 53.1 Å². The Labute approximate surface area is 115 Å². The van der Waals surface area contributed by atoms with E-state index in [1.807, 2.05) is 29.7 Å². The van der Waals surface area contributed by atoms with Crippen molar-refractivity contribution >= 4 is 17.0 Å². The monoisotopic (exact) mass is 271 g/mol. The third kappa shape index (κ3) is 1.87. The molecule has 0 aliphatic rings. The summed E-state index contributed by atoms with van der Waals surface area (Å²) < 4.78 is 20.2. The van der Waals surface area contributed by atoms with Crippen molar-refractivity contribution < 1.29 is 9.13 Å². The Bertz CT molecular complexity index is 795. The molecule has 4 nitrogen and oxygen atoms in total. The van der Waals surface area contributed by atoms with E-state index in [1.54, 1.807) is 13.2 Å². The number of hydrogen-bond donors (Lipinski definition) is 1. The second kappa shape index (κ2) is 4.52. The molecule has 0 bridgehead atoms. The number of imidazole rings is 1. The van der Waals surface area contributed by atoms with Crippen molar-refractivity contribution in [1.29, 1.82) is 0 Å². The number of methoxy groups -OCH3 is 1. The molecule has 0 saturated carbocycles. The van der Waals surface area contributed by atoms with Crippen LogP contribution in [0.15, 0.2) is 36.4 Å². The molecule has 5 heteroatoms. The molecule has 0 unspecified atom stereocenters. The van der Waals surface area contributed by atoms with Crippen LogP contribution in [0.5, 0.6) is 5.75 Å². The number of benzene rings is 2. The van der Waals surface area contributed by atoms with Crippen LogP contribution in [-0.4, -0.2) is 16.7 Å². The lowest BCUT2D eigenvalue weighted by atomic mass is 10.2. The van der Waals surface area contributed by atoms with Crippen molar-refractivity contribution in [1.82, 2.24) is 9.55 Å². The first-order valence-corrected chi connectivity index (χ1v) is 6.18. The Kier molecular flexibility index (Phi) is 2.82. The summed E-state index contributed by atoms with van der Waals surface area (Å²) in [6.07, 6.45) is 0. The highest BCUT2D eigenvalue weighted by Crippen LogP contribution is 2.27. The highest BCUT2D eigenvalue weighted by Gasteiger charge is 2.12. The van der Waals surface area contributed by atoms with Crippen LogP contribution in [0.25, 0.3) is 16.7 Å². The fourth-order valence-electron chi connectivity index (χ4n) is 2.33. The number of nitrogen functional groups attached to an aromatic ring is 1. The van der Waals surface area contributed by atoms with Gasteiger partial charge < -0.3 is 10.5 Å². The van der Waals surface area contributed by atoms with Gasteiger partial charge >= 0.3 is 0 Å². The second-order valence-corrected chi connectivity index (χ2v) is 4.59. The van der Waals surface area contributed by atoms with Gasteiger partial charge in [0.2, 0.25) is 5.95 Å². The summed E-state index contributed by atoms with van der Waals surface area (Å²) in [4.78, 5) is 4.33. The van der Waals surface area contributed by atoms with Crippen LogP contribution in [0.3, 0.4) is 0 Å². The van der Waals surface area contributed by atoms with Gasteiger partial charge in [0.15, 0.2) is 0 Å². The van der Waals surface area contributed by atoms with Gasteiger partial charge in [0.1, 0.15) is 11.6 Å². The number of anilines is 1. The first-order valence-electron chi connectivity index (χ1n) is 6.18. The second-order valence-electron chi connectivity index (χ2n) is 4.59. The van der Waals surface area contributed by atoms with Crippen LogP contribution < -0.4 is 10.5 Å². The average molecular weight is 271 g/mol. The smallest absolute Gasteiger partial charge is 0.205 e. The van der Waals surface area contributed by atoms with Gasteiger partial charge in [-0.05, 0) is 42.8 Å². The molecule has 0 saturated heterocycles. The number of hydrogen-bond acceptors (Lipinski definition) is 3. The van der Waals surface area contributed by atoms with Crippen molar-refractivity contribution in [3.63, 3.8) is 0 Å². The fourth-order valence-corrected chi connectivity index (χ4v) is 2.33. The first kappa shape index (κ1) is 12.5. The molecule has 2 aromatic carbocycles. The largest absolute Gasteiger partial charge is 0.497 e. The van der Waals surface area contributed by atoms with Crippen molar-refractivity contribution in [3.8, 4) is 11.4 Å². The van der Waals surface area contributed by atoms with Gasteiger partial charge in [-0.2, -0.15) is 0 Å². The summed E-state index contributed by atoms with van der Waals surface area (Å²) in [5.74, 6) is 0.817. The maximum Gasteiger partial charge on any atom is 0.205 e. The van der Waals surface area contributed by atoms with E-state index in [4.69, 9.17) is 10.5 Å². The van der Waals surface area contributed by atoms with E-state index in [-0.39, 0.29) is 5.82 Å². The fraction of sp³-hybridized carbons (Fsp3) is 0.133. The van der Waals surface area contributed by atoms with E-state index in [1.165, 1.54) is 12.1 Å². The van der Waals surface area contributed by atoms with Crippen LogP contribution in [0.1, 0.15) is 5.56 Å². The molecule has 3 rings (SSSR count). The Morgan fingerprint density at radius 3 is 2.70 bits per heavy atom. The zero-order valence-electron chi connectivity index (χ0n) is 11.2. The molecule has 1 aromatic heterocycles. The summed E-state index contributed by atoms with van der Waals surface area (Å²) in [5.41, 5.74) is 9.22. The number of aryl methyl sites for hydroxylation is 1. The minimum atomic E-state index is -0.268. The van der Waals surface area contributed by atoms with Gasteiger partial charge in [0.25, 0.3) is 0 Å². The number of halogens is 1. The van der Waals surface area contributed by atoms with Gasteiger partial charge in [-0.3, -0.25) is 4.57 Å². The molecule has 102 valence electrons. The van der Waals surface area contributed by atoms with E-state index in [2.05, 4.69) is 4.98 Å². The van der Waals surface area contributed by atoms with Crippen LogP contribution in [0, 0.1) is 12.7 Å². The SMILES string of the molecule is COc1ccc2c(c1)nc(N)n2-c1ccc(F)cc1C. The standard InChI is InChI=1S/C15H14FN3O/c1-9-7-10(16)3-5-13(9)19-14-6-4-11(20-2)8-12(14)18-15(19)17/h3-8H,1-2H3,(H2,17,18). The molecule has 0 atom stereocenters. The number of aromatic nitrogens is 2. The molecule has 20 heavy (non-hydrogen) atoms. The lowest BCUT2D eigenvalue weighted by molar-refractivity contribution is 0.415. The number of ether oxygens (including phenoxy) is 1. The zero-order chi connectivity index (χ0) is 14.3. The molecular formula is C15H14FN3O. The summed E-state index contributed by atoms with van der Waals surface area (Å²) >= 11 is 0. The van der Waals surface area contributed by atoms with E-state index in [0.717, 1.165) is 28.0 Å². The van der Waals surface area contributed by atoms with Crippen molar-refractivity contribution in [2.45, 2.75) is 6.92 Å². The van der Waals surface area contributed by atoms with Crippen molar-refractivity contribution in [2.75, 3.05) is 12.8 Å². The van der Waals surface area contributed by atoms with Crippen LogP contribution in [-0.2, 0) is 0 Å². The number of fused-ring (bicyclic) bond motifs is 1. The van der Waals surface area contributed by atoms with E-state index >= 15 is 0 Å². The predicted octanol–water partition coefficient (Wildman–Crippen LogP) is 3.06. The Balaban J connectivity index is 2.27. The minimum Gasteiger partial charge on any atom is -0.497 e. The Morgan fingerprint density at radius 1 is 1.20 bits per heavy atom. The van der Waals surface area contributed by atoms with Gasteiger partial charge in [-0.25, -0.2) is 9.37 Å². The normalized spacial score (nSPS) is 10.9. The maximum absolute atomic E-state index is 13.2. The summed E-state index contributed by atoms with van der Waals surface area (Å²) in [6, 6.07) is 10.1. The number of nitrogens with zero attached hydrogens (tertiary/aromatic N) is 2. The average Bonchev–Trinajstić information content (AvgIpc) is 2.74. The van der Waals surface area contributed by atoms with Gasteiger partial charge in [-0.1, -0.05) is 0 Å². The van der Waals surface area contributed by atoms with Crippen molar-refractivity contribution in [3.05, 3.63) is 47.8 Å². The minimum absolute atomic E-state index is 0.268. The molecular weight excluding hydrogens is 257 g/mol. The third-order valence-electron chi connectivity index (χ3n) is 3.29. The zero-order valence-corrected chi connectivity index (χ0v) is 11.2. The highest BCUT2D eigenvalue weighted by atomic mass is 19.1. The predicted molar refractivity (Wildman–Crippen MR) is 76.7 cm³/mol. The van der Waals surface area contributed by atoms with Crippen LogP contribution in [0.4, 0.5) is 10.3 Å². The molecule has 0 fully saturated rings. The molecule has 0 aliphatic heterocycles. The molecule has 0 amide bonds. The van der Waals surface area contributed by atoms with E-state index in [0.29, 0.717) is 5.95 Å². The molecule has 0 radical (unpaired) electrons.